The summed E-state index contributed by atoms with van der Waals surface area (Å²) in [5.41, 5.74) is 0. The van der Waals surface area contributed by atoms with Crippen molar-refractivity contribution in [1.29, 1.82) is 0 Å². The van der Waals surface area contributed by atoms with Gasteiger partial charge in [-0.15, -0.1) is 0 Å². The van der Waals surface area contributed by atoms with Crippen molar-refractivity contribution >= 4 is 5.97 Å². The number of aliphatic hydroxyl groups is 1. The molecule has 0 spiro atoms. The van der Waals surface area contributed by atoms with E-state index in [1.807, 2.05) is 0 Å². The molecule has 0 aromatic heterocycles. The number of hydrogen-bond acceptors (Lipinski definition) is 3. The number of hydrogen-bond donors (Lipinski definition) is 2. The number of allylic oxidation sites excluding steroid dienone is 1. The topological polar surface area (TPSA) is 66.8 Å². The molecule has 0 unspecified atom stereocenters. The van der Waals surface area contributed by atoms with Gasteiger partial charge in [0, 0.05) is 12.8 Å². The van der Waals surface area contributed by atoms with Gasteiger partial charge in [0.25, 0.3) is 0 Å². The highest BCUT2D eigenvalue weighted by atomic mass is 16.5. The van der Waals surface area contributed by atoms with E-state index in [2.05, 4.69) is 6.92 Å². The van der Waals surface area contributed by atoms with Crippen molar-refractivity contribution in [2.75, 3.05) is 6.61 Å². The van der Waals surface area contributed by atoms with Gasteiger partial charge in [0.2, 0.25) is 0 Å². The van der Waals surface area contributed by atoms with E-state index in [9.17, 15) is 9.90 Å². The quantitative estimate of drug-likeness (QED) is 0.225. The number of rotatable bonds is 18. The summed E-state index contributed by atoms with van der Waals surface area (Å²) in [5, 5.41) is 18.1. The third kappa shape index (κ3) is 18.9. The Balaban J connectivity index is 3.24. The zero-order valence-corrected chi connectivity index (χ0v) is 15.6. The molecule has 0 bridgehead atoms. The van der Waals surface area contributed by atoms with Gasteiger partial charge in [-0.25, -0.2) is 0 Å². The SMILES string of the molecule is CCCCCCCCCCCCCCC(O)=COCCCC(=O)O. The Kier molecular flexibility index (Phi) is 17.3. The Bertz CT molecular complexity index is 313. The van der Waals surface area contributed by atoms with Gasteiger partial charge in [-0.1, -0.05) is 77.6 Å². The van der Waals surface area contributed by atoms with E-state index < -0.39 is 5.97 Å². The first-order chi connectivity index (χ1) is 11.7. The predicted molar refractivity (Wildman–Crippen MR) is 99.2 cm³/mol. The lowest BCUT2D eigenvalue weighted by Crippen LogP contribution is -1.97. The molecule has 0 heterocycles. The molecule has 0 aliphatic carbocycles. The van der Waals surface area contributed by atoms with Crippen LogP contribution in [-0.2, 0) is 9.53 Å². The fourth-order valence-corrected chi connectivity index (χ4v) is 2.67. The van der Waals surface area contributed by atoms with Gasteiger partial charge in [0.05, 0.1) is 6.61 Å². The van der Waals surface area contributed by atoms with Gasteiger partial charge in [-0.2, -0.15) is 0 Å². The number of unbranched alkanes of at least 4 members (excludes halogenated alkanes) is 11. The smallest absolute Gasteiger partial charge is 0.303 e. The molecular weight excluding hydrogens is 304 g/mol. The van der Waals surface area contributed by atoms with Gasteiger partial charge in [-0.05, 0) is 12.8 Å². The first-order valence-electron chi connectivity index (χ1n) is 9.88. The molecule has 0 radical (unpaired) electrons. The molecule has 0 aromatic carbocycles. The van der Waals surface area contributed by atoms with E-state index in [-0.39, 0.29) is 12.2 Å². The van der Waals surface area contributed by atoms with Crippen LogP contribution in [0.15, 0.2) is 12.0 Å². The minimum atomic E-state index is -0.816. The summed E-state index contributed by atoms with van der Waals surface area (Å²) >= 11 is 0. The number of aliphatic carboxylic acids is 1. The maximum Gasteiger partial charge on any atom is 0.303 e. The third-order valence-electron chi connectivity index (χ3n) is 4.16. The van der Waals surface area contributed by atoms with Crippen LogP contribution in [0, 0.1) is 0 Å². The Labute approximate surface area is 148 Å². The zero-order chi connectivity index (χ0) is 17.9. The van der Waals surface area contributed by atoms with Gasteiger partial charge < -0.3 is 14.9 Å². The zero-order valence-electron chi connectivity index (χ0n) is 15.6. The summed E-state index contributed by atoms with van der Waals surface area (Å²) in [5.74, 6) is -0.555. The summed E-state index contributed by atoms with van der Waals surface area (Å²) in [4.78, 5) is 10.3. The van der Waals surface area contributed by atoms with Crippen molar-refractivity contribution in [2.45, 2.75) is 103 Å². The number of ether oxygens (including phenoxy) is 1. The molecule has 0 aliphatic rings. The maximum atomic E-state index is 10.3. The van der Waals surface area contributed by atoms with Crippen molar-refractivity contribution in [2.24, 2.45) is 0 Å². The highest BCUT2D eigenvalue weighted by Gasteiger charge is 1.98. The van der Waals surface area contributed by atoms with Crippen LogP contribution in [0.25, 0.3) is 0 Å². The molecule has 24 heavy (non-hydrogen) atoms. The minimum absolute atomic E-state index is 0.105. The lowest BCUT2D eigenvalue weighted by atomic mass is 10.0. The summed E-state index contributed by atoms with van der Waals surface area (Å²) < 4.78 is 5.13. The number of carbonyl (C=O) groups is 1. The van der Waals surface area contributed by atoms with Crippen LogP contribution in [0.5, 0.6) is 0 Å². The number of aliphatic hydroxyl groups excluding tert-OH is 1. The lowest BCUT2D eigenvalue weighted by Gasteiger charge is -2.04. The van der Waals surface area contributed by atoms with E-state index in [1.54, 1.807) is 0 Å². The first-order valence-corrected chi connectivity index (χ1v) is 9.88. The highest BCUT2D eigenvalue weighted by molar-refractivity contribution is 5.66. The van der Waals surface area contributed by atoms with Gasteiger partial charge in [0.15, 0.2) is 0 Å². The normalized spacial score (nSPS) is 11.6. The molecule has 0 saturated heterocycles. The van der Waals surface area contributed by atoms with Crippen LogP contribution in [-0.4, -0.2) is 22.8 Å². The second-order valence-corrected chi connectivity index (χ2v) is 6.62. The van der Waals surface area contributed by atoms with Crippen molar-refractivity contribution in [3.05, 3.63) is 12.0 Å². The average molecular weight is 343 g/mol. The Morgan fingerprint density at radius 3 is 1.75 bits per heavy atom. The molecule has 0 amide bonds. The van der Waals surface area contributed by atoms with E-state index >= 15 is 0 Å². The van der Waals surface area contributed by atoms with Crippen molar-refractivity contribution in [3.63, 3.8) is 0 Å². The Morgan fingerprint density at radius 2 is 1.25 bits per heavy atom. The molecule has 4 heteroatoms. The molecule has 0 rings (SSSR count). The van der Waals surface area contributed by atoms with Gasteiger partial charge in [0.1, 0.15) is 12.0 Å². The van der Waals surface area contributed by atoms with E-state index in [4.69, 9.17) is 9.84 Å². The van der Waals surface area contributed by atoms with Crippen LogP contribution in [0.2, 0.25) is 0 Å². The van der Waals surface area contributed by atoms with Crippen LogP contribution < -0.4 is 0 Å². The molecule has 142 valence electrons. The fraction of sp³-hybridized carbons (Fsp3) is 0.850. The molecule has 0 aromatic rings. The van der Waals surface area contributed by atoms with E-state index in [1.165, 1.54) is 70.5 Å². The lowest BCUT2D eigenvalue weighted by molar-refractivity contribution is -0.137. The number of carboxylic acids is 1. The van der Waals surface area contributed by atoms with Crippen molar-refractivity contribution in [3.8, 4) is 0 Å². The molecule has 4 nitrogen and oxygen atoms in total. The monoisotopic (exact) mass is 342 g/mol. The molecule has 0 atom stereocenters. The second kappa shape index (κ2) is 18.2. The van der Waals surface area contributed by atoms with Gasteiger partial charge in [-0.3, -0.25) is 4.79 Å². The largest absolute Gasteiger partial charge is 0.509 e. The molecule has 0 fully saturated rings. The third-order valence-corrected chi connectivity index (χ3v) is 4.16. The summed E-state index contributed by atoms with van der Waals surface area (Å²) in [6.45, 7) is 2.60. The van der Waals surface area contributed by atoms with Crippen molar-refractivity contribution < 1.29 is 19.7 Å². The van der Waals surface area contributed by atoms with E-state index in [0.29, 0.717) is 19.4 Å². The summed E-state index contributed by atoms with van der Waals surface area (Å²) in [7, 11) is 0. The van der Waals surface area contributed by atoms with Gasteiger partial charge >= 0.3 is 5.97 Å². The Morgan fingerprint density at radius 1 is 0.750 bits per heavy atom. The average Bonchev–Trinajstić information content (AvgIpc) is 2.55. The minimum Gasteiger partial charge on any atom is -0.509 e. The predicted octanol–water partition coefficient (Wildman–Crippen LogP) is 6.36. The maximum absolute atomic E-state index is 10.3. The van der Waals surface area contributed by atoms with Crippen LogP contribution in [0.1, 0.15) is 103 Å². The summed E-state index contributed by atoms with van der Waals surface area (Å²) in [6, 6.07) is 0. The van der Waals surface area contributed by atoms with Crippen molar-refractivity contribution in [1.82, 2.24) is 0 Å². The van der Waals surface area contributed by atoms with E-state index in [0.717, 1.165) is 12.8 Å². The molecule has 0 aliphatic heterocycles. The molecule has 0 saturated carbocycles. The fourth-order valence-electron chi connectivity index (χ4n) is 2.67. The first kappa shape index (κ1) is 22.8. The standard InChI is InChI=1S/C20H38O4/c1-2-3-4-5-6-7-8-9-10-11-12-13-15-19(21)18-24-17-14-16-20(22)23/h18,21H,2-17H2,1H3,(H,22,23). The van der Waals surface area contributed by atoms with Crippen LogP contribution >= 0.6 is 0 Å². The number of carboxylic acid groups (broad SMARTS) is 1. The molecule has 2 N–H and O–H groups in total. The van der Waals surface area contributed by atoms with Crippen LogP contribution in [0.3, 0.4) is 0 Å². The summed E-state index contributed by atoms with van der Waals surface area (Å²) in [6.07, 6.45) is 18.2. The second-order valence-electron chi connectivity index (χ2n) is 6.62. The molecular formula is C20H38O4. The Hall–Kier alpha value is -1.19. The highest BCUT2D eigenvalue weighted by Crippen LogP contribution is 2.13. The van der Waals surface area contributed by atoms with Crippen LogP contribution in [0.4, 0.5) is 0 Å².